The van der Waals surface area contributed by atoms with Gasteiger partial charge in [-0.2, -0.15) is 0 Å². The lowest BCUT2D eigenvalue weighted by molar-refractivity contribution is 0.604. The quantitative estimate of drug-likeness (QED) is 0.856. The summed E-state index contributed by atoms with van der Waals surface area (Å²) in [6, 6.07) is 2.13. The maximum absolute atomic E-state index is 5.89. The fourth-order valence-corrected chi connectivity index (χ4v) is 3.24. The van der Waals surface area contributed by atoms with Gasteiger partial charge in [0.25, 0.3) is 0 Å². The first-order valence-corrected chi connectivity index (χ1v) is 6.77. The average molecular weight is 248 g/mol. The number of thiophene rings is 1. The van der Waals surface area contributed by atoms with Gasteiger partial charge in [-0.3, -0.25) is 0 Å². The second kappa shape index (κ2) is 4.16. The molecule has 90 valence electrons. The lowest BCUT2D eigenvalue weighted by Crippen LogP contribution is -2.19. The number of nitrogens with zero attached hydrogens (tertiary/aromatic N) is 2. The highest BCUT2D eigenvalue weighted by molar-refractivity contribution is 7.13. The summed E-state index contributed by atoms with van der Waals surface area (Å²) < 4.78 is 2.22. The summed E-state index contributed by atoms with van der Waals surface area (Å²) in [4.78, 5) is 5.95. The van der Waals surface area contributed by atoms with Crippen LogP contribution in [0.2, 0.25) is 0 Å². The summed E-state index contributed by atoms with van der Waals surface area (Å²) >= 11 is 1.74. The van der Waals surface area contributed by atoms with Crippen LogP contribution in [-0.2, 0) is 13.1 Å². The molecule has 0 aliphatic carbocycles. The van der Waals surface area contributed by atoms with Crippen molar-refractivity contribution in [2.75, 3.05) is 11.9 Å². The van der Waals surface area contributed by atoms with Crippen LogP contribution in [0.5, 0.6) is 0 Å². The topological polar surface area (TPSA) is 55.9 Å². The van der Waals surface area contributed by atoms with Crippen LogP contribution >= 0.6 is 11.3 Å². The number of imidazole rings is 1. The predicted octanol–water partition coefficient (Wildman–Crippen LogP) is 2.19. The number of fused-ring (bicyclic) bond motifs is 1. The third kappa shape index (κ3) is 1.66. The summed E-state index contributed by atoms with van der Waals surface area (Å²) in [6.07, 6.45) is 1.14. The third-order valence-electron chi connectivity index (χ3n) is 3.18. The van der Waals surface area contributed by atoms with Crippen molar-refractivity contribution < 1.29 is 0 Å². The van der Waals surface area contributed by atoms with Crippen molar-refractivity contribution in [3.05, 3.63) is 22.7 Å². The molecule has 3 N–H and O–H groups in total. The molecular weight excluding hydrogens is 232 g/mol. The lowest BCUT2D eigenvalue weighted by Gasteiger charge is -2.17. The van der Waals surface area contributed by atoms with E-state index in [0.717, 1.165) is 36.8 Å². The minimum absolute atomic E-state index is 0.543. The van der Waals surface area contributed by atoms with Gasteiger partial charge < -0.3 is 15.6 Å². The number of rotatable bonds is 2. The molecule has 0 radical (unpaired) electrons. The molecule has 5 heteroatoms. The van der Waals surface area contributed by atoms with Gasteiger partial charge in [0.05, 0.1) is 10.6 Å². The molecule has 0 amide bonds. The molecule has 0 spiro atoms. The van der Waals surface area contributed by atoms with Crippen molar-refractivity contribution in [2.45, 2.75) is 26.4 Å². The van der Waals surface area contributed by atoms with E-state index in [9.17, 15) is 0 Å². The largest absolute Gasteiger partial charge is 0.356 e. The van der Waals surface area contributed by atoms with Crippen LogP contribution in [-0.4, -0.2) is 16.1 Å². The van der Waals surface area contributed by atoms with Gasteiger partial charge in [-0.1, -0.05) is 0 Å². The van der Waals surface area contributed by atoms with E-state index in [2.05, 4.69) is 28.3 Å². The summed E-state index contributed by atoms with van der Waals surface area (Å²) in [6.45, 7) is 4.69. The van der Waals surface area contributed by atoms with Gasteiger partial charge in [0.15, 0.2) is 0 Å². The van der Waals surface area contributed by atoms with Gasteiger partial charge in [0.1, 0.15) is 5.69 Å². The van der Waals surface area contributed by atoms with Crippen molar-refractivity contribution in [1.29, 1.82) is 0 Å². The molecule has 4 nitrogen and oxygen atoms in total. The van der Waals surface area contributed by atoms with Gasteiger partial charge in [-0.15, -0.1) is 11.3 Å². The van der Waals surface area contributed by atoms with E-state index >= 15 is 0 Å². The molecule has 0 aromatic carbocycles. The molecule has 0 saturated carbocycles. The number of aromatic nitrogens is 2. The smallest absolute Gasteiger partial charge is 0.203 e. The Hall–Kier alpha value is -1.33. The highest BCUT2D eigenvalue weighted by Gasteiger charge is 2.20. The molecule has 0 saturated heterocycles. The second-order valence-electron chi connectivity index (χ2n) is 4.30. The fourth-order valence-electron chi connectivity index (χ4n) is 2.30. The molecule has 3 rings (SSSR count). The van der Waals surface area contributed by atoms with Gasteiger partial charge >= 0.3 is 0 Å². The van der Waals surface area contributed by atoms with Crippen molar-refractivity contribution in [1.82, 2.24) is 9.55 Å². The molecule has 0 unspecified atom stereocenters. The summed E-state index contributed by atoms with van der Waals surface area (Å²) in [5, 5.41) is 5.45. The second-order valence-corrected chi connectivity index (χ2v) is 5.22. The number of hydrogen-bond donors (Lipinski definition) is 2. The standard InChI is InChI=1S/C12H16N4S/c1-8-3-6-17-11(8)10-9(7-13)16-5-2-4-14-12(16)15-10/h3,6H,2,4-5,7,13H2,1H3,(H,14,15). The van der Waals surface area contributed by atoms with E-state index in [1.54, 1.807) is 11.3 Å². The molecule has 17 heavy (non-hydrogen) atoms. The van der Waals surface area contributed by atoms with Gasteiger partial charge in [0, 0.05) is 19.6 Å². The number of nitrogens with one attached hydrogen (secondary N) is 1. The number of hydrogen-bond acceptors (Lipinski definition) is 4. The molecule has 2 aromatic rings. The van der Waals surface area contributed by atoms with Crippen molar-refractivity contribution in [3.63, 3.8) is 0 Å². The van der Waals surface area contributed by atoms with Crippen LogP contribution in [0.4, 0.5) is 5.95 Å². The van der Waals surface area contributed by atoms with Crippen LogP contribution < -0.4 is 11.1 Å². The minimum atomic E-state index is 0.543. The maximum Gasteiger partial charge on any atom is 0.203 e. The first kappa shape index (κ1) is 10.8. The highest BCUT2D eigenvalue weighted by Crippen LogP contribution is 2.33. The zero-order chi connectivity index (χ0) is 11.8. The number of anilines is 1. The average Bonchev–Trinajstić information content (AvgIpc) is 2.91. The highest BCUT2D eigenvalue weighted by atomic mass is 32.1. The summed E-state index contributed by atoms with van der Waals surface area (Å²) in [7, 11) is 0. The molecular formula is C12H16N4S. The molecule has 0 atom stereocenters. The Morgan fingerprint density at radius 2 is 2.47 bits per heavy atom. The maximum atomic E-state index is 5.89. The van der Waals surface area contributed by atoms with E-state index in [0.29, 0.717) is 6.54 Å². The molecule has 0 bridgehead atoms. The van der Waals surface area contributed by atoms with Crippen LogP contribution in [0.3, 0.4) is 0 Å². The lowest BCUT2D eigenvalue weighted by atomic mass is 10.2. The molecule has 3 heterocycles. The van der Waals surface area contributed by atoms with E-state index in [1.165, 1.54) is 10.4 Å². The SMILES string of the molecule is Cc1ccsc1-c1nc2n(c1CN)CCCN2. The normalized spacial score (nSPS) is 14.5. The van der Waals surface area contributed by atoms with E-state index in [-0.39, 0.29) is 0 Å². The van der Waals surface area contributed by atoms with E-state index < -0.39 is 0 Å². The zero-order valence-corrected chi connectivity index (χ0v) is 10.7. The third-order valence-corrected chi connectivity index (χ3v) is 4.21. The first-order chi connectivity index (χ1) is 8.31. The monoisotopic (exact) mass is 248 g/mol. The van der Waals surface area contributed by atoms with Gasteiger partial charge in [-0.05, 0) is 30.4 Å². The van der Waals surface area contributed by atoms with Crippen LogP contribution in [0.15, 0.2) is 11.4 Å². The Balaban J connectivity index is 2.17. The Morgan fingerprint density at radius 3 is 3.18 bits per heavy atom. The Kier molecular flexibility index (Phi) is 2.64. The summed E-state index contributed by atoms with van der Waals surface area (Å²) in [5.74, 6) is 0.972. The van der Waals surface area contributed by atoms with Crippen molar-refractivity contribution in [3.8, 4) is 10.6 Å². The molecule has 2 aromatic heterocycles. The number of nitrogens with two attached hydrogens (primary N) is 1. The van der Waals surface area contributed by atoms with E-state index in [4.69, 9.17) is 10.7 Å². The van der Waals surface area contributed by atoms with Gasteiger partial charge in [0.2, 0.25) is 5.95 Å². The Morgan fingerprint density at radius 1 is 1.59 bits per heavy atom. The minimum Gasteiger partial charge on any atom is -0.356 e. The van der Waals surface area contributed by atoms with Crippen molar-refractivity contribution >= 4 is 17.3 Å². The van der Waals surface area contributed by atoms with Gasteiger partial charge in [-0.25, -0.2) is 4.98 Å². The predicted molar refractivity (Wildman–Crippen MR) is 71.3 cm³/mol. The molecule has 1 aliphatic heterocycles. The summed E-state index contributed by atoms with van der Waals surface area (Å²) in [5.41, 5.74) is 9.38. The first-order valence-electron chi connectivity index (χ1n) is 5.89. The van der Waals surface area contributed by atoms with Crippen LogP contribution in [0, 0.1) is 6.92 Å². The Labute approximate surface area is 104 Å². The van der Waals surface area contributed by atoms with Crippen LogP contribution in [0.25, 0.3) is 10.6 Å². The zero-order valence-electron chi connectivity index (χ0n) is 9.86. The molecule has 1 aliphatic rings. The fraction of sp³-hybridized carbons (Fsp3) is 0.417. The van der Waals surface area contributed by atoms with E-state index in [1.807, 2.05) is 0 Å². The Bertz CT molecular complexity index is 541. The number of aryl methyl sites for hydroxylation is 1. The van der Waals surface area contributed by atoms with Crippen LogP contribution in [0.1, 0.15) is 17.7 Å². The molecule has 0 fully saturated rings. The van der Waals surface area contributed by atoms with Crippen molar-refractivity contribution in [2.24, 2.45) is 5.73 Å².